The van der Waals surface area contributed by atoms with Crippen molar-refractivity contribution in [2.24, 2.45) is 5.92 Å². The van der Waals surface area contributed by atoms with Crippen molar-refractivity contribution in [3.05, 3.63) is 30.5 Å². The van der Waals surface area contributed by atoms with Crippen LogP contribution < -0.4 is 4.90 Å². The standard InChI is InChI=1S/C17H20N6O2/c1-12-4-7-22(15(25)3-6-18)9-14(12)21(2)16-13-5-8-23(11-24)17(13)20-10-19-16/h5,8-10,12,24H,3-4,7,11H2,1-2H3/t12-/m1/s1. The molecule has 1 N–H and O–H groups in total. The van der Waals surface area contributed by atoms with E-state index in [0.717, 1.165) is 17.5 Å². The van der Waals surface area contributed by atoms with Crippen LogP contribution in [-0.2, 0) is 11.5 Å². The third-order valence-corrected chi connectivity index (χ3v) is 4.54. The summed E-state index contributed by atoms with van der Waals surface area (Å²) in [6.45, 7) is 2.56. The van der Waals surface area contributed by atoms with Gasteiger partial charge < -0.3 is 19.5 Å². The van der Waals surface area contributed by atoms with Gasteiger partial charge >= 0.3 is 0 Å². The Hall–Kier alpha value is -2.92. The van der Waals surface area contributed by atoms with E-state index in [2.05, 4.69) is 16.9 Å². The zero-order chi connectivity index (χ0) is 18.0. The zero-order valence-electron chi connectivity index (χ0n) is 14.3. The van der Waals surface area contributed by atoms with Gasteiger partial charge in [0.15, 0.2) is 0 Å². The highest BCUT2D eigenvalue weighted by Gasteiger charge is 2.25. The molecule has 0 aliphatic carbocycles. The maximum absolute atomic E-state index is 12.0. The molecule has 3 rings (SSSR count). The van der Waals surface area contributed by atoms with Crippen LogP contribution >= 0.6 is 0 Å². The highest BCUT2D eigenvalue weighted by molar-refractivity contribution is 5.88. The van der Waals surface area contributed by atoms with E-state index in [1.54, 1.807) is 15.7 Å². The normalized spacial score (nSPS) is 17.3. The Kier molecular flexibility index (Phi) is 4.67. The summed E-state index contributed by atoms with van der Waals surface area (Å²) in [5, 5.41) is 19.0. The van der Waals surface area contributed by atoms with E-state index in [9.17, 15) is 9.90 Å². The Morgan fingerprint density at radius 1 is 1.52 bits per heavy atom. The van der Waals surface area contributed by atoms with E-state index in [-0.39, 0.29) is 25.0 Å². The first-order chi connectivity index (χ1) is 12.1. The number of allylic oxidation sites excluding steroid dienone is 1. The predicted octanol–water partition coefficient (Wildman–Crippen LogP) is 1.44. The molecule has 0 unspecified atom stereocenters. The third-order valence-electron chi connectivity index (χ3n) is 4.54. The molecule has 1 aliphatic rings. The van der Waals surface area contributed by atoms with Gasteiger partial charge in [0, 0.05) is 31.7 Å². The smallest absolute Gasteiger partial charge is 0.240 e. The number of fused-ring (bicyclic) bond motifs is 1. The van der Waals surface area contributed by atoms with Crippen LogP contribution in [0, 0.1) is 17.2 Å². The van der Waals surface area contributed by atoms with Gasteiger partial charge in [0.05, 0.1) is 11.5 Å². The van der Waals surface area contributed by atoms with Crippen LogP contribution in [0.4, 0.5) is 5.82 Å². The van der Waals surface area contributed by atoms with Gasteiger partial charge in [-0.3, -0.25) is 4.79 Å². The van der Waals surface area contributed by atoms with Crippen molar-refractivity contribution >= 4 is 22.8 Å². The van der Waals surface area contributed by atoms with E-state index < -0.39 is 0 Å². The molecule has 0 spiro atoms. The Bertz CT molecular complexity index is 866. The van der Waals surface area contributed by atoms with E-state index in [0.29, 0.717) is 18.0 Å². The summed E-state index contributed by atoms with van der Waals surface area (Å²) in [5.41, 5.74) is 1.61. The number of aromatic nitrogens is 3. The summed E-state index contributed by atoms with van der Waals surface area (Å²) in [6.07, 6.45) is 5.73. The van der Waals surface area contributed by atoms with Crippen molar-refractivity contribution in [1.82, 2.24) is 19.4 Å². The number of aliphatic hydroxyl groups is 1. The molecule has 2 aromatic rings. The lowest BCUT2D eigenvalue weighted by atomic mass is 9.99. The van der Waals surface area contributed by atoms with Crippen LogP contribution in [0.3, 0.4) is 0 Å². The first kappa shape index (κ1) is 16.9. The average Bonchev–Trinajstić information content (AvgIpc) is 3.05. The Morgan fingerprint density at radius 2 is 2.32 bits per heavy atom. The molecule has 2 aromatic heterocycles. The molecule has 0 saturated carbocycles. The molecule has 0 radical (unpaired) electrons. The van der Waals surface area contributed by atoms with Crippen molar-refractivity contribution in [2.75, 3.05) is 18.5 Å². The lowest BCUT2D eigenvalue weighted by Crippen LogP contribution is -2.36. The Balaban J connectivity index is 1.99. The van der Waals surface area contributed by atoms with Gasteiger partial charge in [-0.25, -0.2) is 9.97 Å². The van der Waals surface area contributed by atoms with Gasteiger partial charge in [-0.05, 0) is 18.4 Å². The molecule has 0 saturated heterocycles. The van der Waals surface area contributed by atoms with Crippen molar-refractivity contribution < 1.29 is 9.90 Å². The second kappa shape index (κ2) is 6.91. The van der Waals surface area contributed by atoms with E-state index in [4.69, 9.17) is 5.26 Å². The zero-order valence-corrected chi connectivity index (χ0v) is 14.3. The minimum atomic E-state index is -0.195. The van der Waals surface area contributed by atoms with Crippen LogP contribution in [0.25, 0.3) is 11.0 Å². The van der Waals surface area contributed by atoms with Gasteiger partial charge in [0.25, 0.3) is 0 Å². The number of anilines is 1. The molecule has 25 heavy (non-hydrogen) atoms. The number of amides is 1. The average molecular weight is 340 g/mol. The van der Waals surface area contributed by atoms with Gasteiger partial charge in [-0.2, -0.15) is 5.26 Å². The van der Waals surface area contributed by atoms with Gasteiger partial charge in [-0.15, -0.1) is 0 Å². The topological polar surface area (TPSA) is 98.3 Å². The maximum atomic E-state index is 12.0. The maximum Gasteiger partial charge on any atom is 0.240 e. The lowest BCUT2D eigenvalue weighted by molar-refractivity contribution is -0.128. The highest BCUT2D eigenvalue weighted by Crippen LogP contribution is 2.31. The Morgan fingerprint density at radius 3 is 3.04 bits per heavy atom. The monoisotopic (exact) mass is 340 g/mol. The number of carbonyl (C=O) groups excluding carboxylic acids is 1. The van der Waals surface area contributed by atoms with Gasteiger partial charge in [-0.1, -0.05) is 6.92 Å². The van der Waals surface area contributed by atoms with Crippen molar-refractivity contribution in [3.8, 4) is 6.07 Å². The number of aliphatic hydroxyl groups excluding tert-OH is 1. The second-order valence-electron chi connectivity index (χ2n) is 6.09. The number of rotatable bonds is 4. The SMILES string of the molecule is C[C@@H]1CCN(C(=O)CC#N)C=C1N(C)c1ncnc2c1ccn2CO. The number of hydrogen-bond donors (Lipinski definition) is 1. The molecular formula is C17H20N6O2. The molecule has 130 valence electrons. The molecular weight excluding hydrogens is 320 g/mol. The van der Waals surface area contributed by atoms with Crippen molar-refractivity contribution in [1.29, 1.82) is 5.26 Å². The molecule has 0 bridgehead atoms. The molecule has 0 aromatic carbocycles. The van der Waals surface area contributed by atoms with Crippen molar-refractivity contribution in [2.45, 2.75) is 26.5 Å². The molecule has 1 atom stereocenters. The summed E-state index contributed by atoms with van der Waals surface area (Å²) >= 11 is 0. The van der Waals surface area contributed by atoms with Crippen LogP contribution in [0.15, 0.2) is 30.5 Å². The van der Waals surface area contributed by atoms with Crippen LogP contribution in [-0.4, -0.2) is 44.0 Å². The Labute approximate surface area is 145 Å². The fraction of sp³-hybridized carbons (Fsp3) is 0.412. The number of carbonyl (C=O) groups is 1. The fourth-order valence-electron chi connectivity index (χ4n) is 3.11. The van der Waals surface area contributed by atoms with E-state index in [1.165, 1.54) is 6.33 Å². The summed E-state index contributed by atoms with van der Waals surface area (Å²) < 4.78 is 1.63. The van der Waals surface area contributed by atoms with Crippen LogP contribution in [0.1, 0.15) is 19.8 Å². The first-order valence-electron chi connectivity index (χ1n) is 8.09. The molecule has 1 amide bonds. The minimum Gasteiger partial charge on any atom is -0.376 e. The largest absolute Gasteiger partial charge is 0.376 e. The lowest BCUT2D eigenvalue weighted by Gasteiger charge is -2.34. The molecule has 1 aliphatic heterocycles. The summed E-state index contributed by atoms with van der Waals surface area (Å²) in [4.78, 5) is 24.2. The van der Waals surface area contributed by atoms with E-state index >= 15 is 0 Å². The number of hydrogen-bond acceptors (Lipinski definition) is 6. The van der Waals surface area contributed by atoms with Gasteiger partial charge in [0.2, 0.25) is 5.91 Å². The number of nitrogens with zero attached hydrogens (tertiary/aromatic N) is 6. The minimum absolute atomic E-state index is 0.126. The summed E-state index contributed by atoms with van der Waals surface area (Å²) in [6, 6.07) is 3.77. The predicted molar refractivity (Wildman–Crippen MR) is 92.0 cm³/mol. The second-order valence-corrected chi connectivity index (χ2v) is 6.09. The highest BCUT2D eigenvalue weighted by atomic mass is 16.3. The van der Waals surface area contributed by atoms with Gasteiger partial charge in [0.1, 0.15) is 30.9 Å². The quantitative estimate of drug-likeness (QED) is 0.904. The summed E-state index contributed by atoms with van der Waals surface area (Å²) in [5.74, 6) is 0.769. The molecule has 3 heterocycles. The van der Waals surface area contributed by atoms with Crippen LogP contribution in [0.5, 0.6) is 0 Å². The fourth-order valence-corrected chi connectivity index (χ4v) is 3.11. The molecule has 8 heteroatoms. The number of nitriles is 1. The molecule has 0 fully saturated rings. The van der Waals surface area contributed by atoms with Crippen LogP contribution in [0.2, 0.25) is 0 Å². The third kappa shape index (κ3) is 3.06. The van der Waals surface area contributed by atoms with E-state index in [1.807, 2.05) is 30.3 Å². The van der Waals surface area contributed by atoms with Crippen molar-refractivity contribution in [3.63, 3.8) is 0 Å². The first-order valence-corrected chi connectivity index (χ1v) is 8.09. The summed E-state index contributed by atoms with van der Waals surface area (Å²) in [7, 11) is 1.90. The molecule has 8 nitrogen and oxygen atoms in total.